The summed E-state index contributed by atoms with van der Waals surface area (Å²) in [6.07, 6.45) is 7.71. The van der Waals surface area contributed by atoms with Crippen LogP contribution in [0.15, 0.2) is 59.4 Å². The summed E-state index contributed by atoms with van der Waals surface area (Å²) in [5.41, 5.74) is 3.21. The topological polar surface area (TPSA) is 45.8 Å². The fourth-order valence-corrected chi connectivity index (χ4v) is 3.38. The van der Waals surface area contributed by atoms with Crippen LogP contribution in [0.3, 0.4) is 0 Å². The van der Waals surface area contributed by atoms with Crippen LogP contribution >= 0.6 is 45.2 Å². The number of nitrogens with zero attached hydrogens (tertiary/aromatic N) is 1. The Kier molecular flexibility index (Phi) is 6.19. The molecule has 5 heteroatoms. The number of hydrogen-bond donors (Lipinski definition) is 1. The minimum atomic E-state index is -0.354. The zero-order valence-electron chi connectivity index (χ0n) is 13.1. The Morgan fingerprint density at radius 1 is 0.800 bits per heavy atom. The van der Waals surface area contributed by atoms with Gasteiger partial charge in [-0.05, 0) is 86.7 Å². The third kappa shape index (κ3) is 5.12. The second kappa shape index (κ2) is 8.57. The monoisotopic (exact) mass is 552 g/mol. The Morgan fingerprint density at radius 2 is 1.36 bits per heavy atom. The van der Waals surface area contributed by atoms with Crippen molar-refractivity contribution in [3.8, 4) is 0 Å². The second-order valence-electron chi connectivity index (χ2n) is 5.28. The number of hydrogen-bond acceptors (Lipinski definition) is 2. The molecule has 0 spiro atoms. The highest BCUT2D eigenvalue weighted by atomic mass is 127. The van der Waals surface area contributed by atoms with E-state index in [-0.39, 0.29) is 5.69 Å². The minimum Gasteiger partial charge on any atom is -0.306 e. The van der Waals surface area contributed by atoms with Gasteiger partial charge in [0.2, 0.25) is 0 Å². The van der Waals surface area contributed by atoms with Gasteiger partial charge in [-0.1, -0.05) is 48.6 Å². The van der Waals surface area contributed by atoms with E-state index < -0.39 is 0 Å². The first-order valence-corrected chi connectivity index (χ1v) is 9.74. The van der Waals surface area contributed by atoms with Gasteiger partial charge in [0.25, 0.3) is 0 Å². The molecule has 1 heterocycles. The van der Waals surface area contributed by atoms with Gasteiger partial charge < -0.3 is 4.98 Å². The van der Waals surface area contributed by atoms with Crippen LogP contribution in [0.5, 0.6) is 0 Å². The number of H-pyrrole nitrogens is 1. The smallest absolute Gasteiger partial charge is 0.306 e. The van der Waals surface area contributed by atoms with E-state index in [1.165, 1.54) is 0 Å². The van der Waals surface area contributed by atoms with Crippen molar-refractivity contribution in [3.63, 3.8) is 0 Å². The number of nitrogens with one attached hydrogen (secondary N) is 1. The number of benzene rings is 2. The Hall–Kier alpha value is -1.74. The normalized spacial score (nSPS) is 11.4. The summed E-state index contributed by atoms with van der Waals surface area (Å²) in [7, 11) is 0. The highest BCUT2D eigenvalue weighted by Crippen LogP contribution is 2.16. The summed E-state index contributed by atoms with van der Waals surface area (Å²) < 4.78 is 2.31. The van der Waals surface area contributed by atoms with E-state index in [9.17, 15) is 4.79 Å². The lowest BCUT2D eigenvalue weighted by atomic mass is 10.2. The first kappa shape index (κ1) is 18.1. The van der Waals surface area contributed by atoms with Crippen molar-refractivity contribution in [3.05, 3.63) is 94.7 Å². The molecule has 0 fully saturated rings. The van der Waals surface area contributed by atoms with Gasteiger partial charge in [-0.25, -0.2) is 4.79 Å². The predicted octanol–water partition coefficient (Wildman–Crippen LogP) is 5.32. The molecule has 3 aromatic rings. The van der Waals surface area contributed by atoms with Gasteiger partial charge in [-0.2, -0.15) is 4.98 Å². The maximum Gasteiger partial charge on any atom is 0.345 e. The van der Waals surface area contributed by atoms with Crippen molar-refractivity contribution in [2.45, 2.75) is 0 Å². The van der Waals surface area contributed by atoms with E-state index in [0.29, 0.717) is 5.69 Å². The van der Waals surface area contributed by atoms with Gasteiger partial charge in [0.15, 0.2) is 0 Å². The van der Waals surface area contributed by atoms with E-state index in [4.69, 9.17) is 0 Å². The van der Waals surface area contributed by atoms with E-state index >= 15 is 0 Å². The highest BCUT2D eigenvalue weighted by Gasteiger charge is 1.98. The van der Waals surface area contributed by atoms with E-state index in [0.717, 1.165) is 24.0 Å². The molecule has 1 aromatic heterocycles. The van der Waals surface area contributed by atoms with Crippen LogP contribution in [0.1, 0.15) is 22.5 Å². The summed E-state index contributed by atoms with van der Waals surface area (Å²) in [5.74, 6) is 0. The Labute approximate surface area is 173 Å². The summed E-state index contributed by atoms with van der Waals surface area (Å²) in [6.45, 7) is 0. The first-order valence-electron chi connectivity index (χ1n) is 7.58. The van der Waals surface area contributed by atoms with Crippen molar-refractivity contribution in [2.24, 2.45) is 0 Å². The molecule has 0 aliphatic rings. The van der Waals surface area contributed by atoms with Crippen LogP contribution < -0.4 is 5.69 Å². The van der Waals surface area contributed by atoms with Gasteiger partial charge in [0.1, 0.15) is 0 Å². The van der Waals surface area contributed by atoms with Crippen LogP contribution in [0.25, 0.3) is 24.3 Å². The van der Waals surface area contributed by atoms with Gasteiger partial charge in [-0.15, -0.1) is 0 Å². The van der Waals surface area contributed by atoms with Crippen molar-refractivity contribution in [1.82, 2.24) is 9.97 Å². The van der Waals surface area contributed by atoms with Crippen LogP contribution in [-0.4, -0.2) is 9.97 Å². The van der Waals surface area contributed by atoms with Crippen molar-refractivity contribution >= 4 is 69.5 Å². The molecule has 0 atom stereocenters. The number of aromatic amines is 1. The molecule has 0 aliphatic carbocycles. The quantitative estimate of drug-likeness (QED) is 0.446. The number of halogens is 2. The highest BCUT2D eigenvalue weighted by molar-refractivity contribution is 14.1. The Morgan fingerprint density at radius 3 is 1.96 bits per heavy atom. The van der Waals surface area contributed by atoms with E-state index in [2.05, 4.69) is 55.1 Å². The second-order valence-corrected chi connectivity index (χ2v) is 7.60. The average Bonchev–Trinajstić information content (AvgIpc) is 2.60. The van der Waals surface area contributed by atoms with Crippen molar-refractivity contribution in [2.75, 3.05) is 0 Å². The number of rotatable bonds is 4. The van der Waals surface area contributed by atoms with Crippen molar-refractivity contribution in [1.29, 1.82) is 0 Å². The summed E-state index contributed by atoms with van der Waals surface area (Å²) in [6, 6.07) is 18.0. The average molecular weight is 552 g/mol. The van der Waals surface area contributed by atoms with Gasteiger partial charge in [0.05, 0.1) is 5.69 Å². The molecule has 3 rings (SSSR count). The fraction of sp³-hybridized carbons (Fsp3) is 0. The van der Waals surface area contributed by atoms with E-state index in [1.54, 1.807) is 0 Å². The van der Waals surface area contributed by atoms with Crippen LogP contribution in [0, 0.1) is 7.14 Å². The summed E-state index contributed by atoms with van der Waals surface area (Å²) in [4.78, 5) is 18.6. The minimum absolute atomic E-state index is 0.354. The molecule has 0 unspecified atom stereocenters. The number of aromatic nitrogens is 2. The van der Waals surface area contributed by atoms with Crippen molar-refractivity contribution < 1.29 is 0 Å². The zero-order chi connectivity index (χ0) is 17.6. The molecule has 3 nitrogen and oxygen atoms in total. The molecule has 0 radical (unpaired) electrons. The molecular weight excluding hydrogens is 538 g/mol. The van der Waals surface area contributed by atoms with Gasteiger partial charge >= 0.3 is 5.69 Å². The molecule has 124 valence electrons. The van der Waals surface area contributed by atoms with Gasteiger partial charge in [0, 0.05) is 12.8 Å². The lowest BCUT2D eigenvalue weighted by molar-refractivity contribution is 1.05. The standard InChI is InChI=1S/C20H14I2N2O/c21-18-7-3-1-5-14(18)9-11-16-13-17(24-20(25)23-16)12-10-15-6-2-4-8-19(15)22/h1-13H,(H,23,24,25)/b11-9+,12-10+. The largest absolute Gasteiger partial charge is 0.345 e. The molecular formula is C20H14I2N2O. The lowest BCUT2D eigenvalue weighted by Gasteiger charge is -2.00. The van der Waals surface area contributed by atoms with Crippen LogP contribution in [-0.2, 0) is 0 Å². The summed E-state index contributed by atoms with van der Waals surface area (Å²) in [5, 5.41) is 0. The molecule has 0 bridgehead atoms. The third-order valence-electron chi connectivity index (χ3n) is 3.47. The molecule has 25 heavy (non-hydrogen) atoms. The van der Waals surface area contributed by atoms with Crippen LogP contribution in [0.2, 0.25) is 0 Å². The third-order valence-corrected chi connectivity index (χ3v) is 5.44. The SMILES string of the molecule is O=c1nc(/C=C/c2ccccc2I)cc(/C=C/c2ccccc2I)[nH]1. The Bertz CT molecular complexity index is 930. The molecule has 0 saturated carbocycles. The summed E-state index contributed by atoms with van der Waals surface area (Å²) >= 11 is 4.58. The lowest BCUT2D eigenvalue weighted by Crippen LogP contribution is -2.12. The molecule has 0 saturated heterocycles. The Balaban J connectivity index is 1.87. The zero-order valence-corrected chi connectivity index (χ0v) is 17.4. The molecule has 2 aromatic carbocycles. The fourth-order valence-electron chi connectivity index (χ4n) is 2.25. The van der Waals surface area contributed by atoms with E-state index in [1.807, 2.05) is 78.9 Å². The first-order chi connectivity index (χ1) is 12.1. The van der Waals surface area contributed by atoms with Crippen LogP contribution in [0.4, 0.5) is 0 Å². The van der Waals surface area contributed by atoms with Gasteiger partial charge in [-0.3, -0.25) is 0 Å². The maximum atomic E-state index is 11.8. The molecule has 0 amide bonds. The maximum absolute atomic E-state index is 11.8. The predicted molar refractivity (Wildman–Crippen MR) is 121 cm³/mol. The molecule has 0 aliphatic heterocycles. The molecule has 1 N–H and O–H groups in total.